The van der Waals surface area contributed by atoms with Gasteiger partial charge in [-0.15, -0.1) is 6.42 Å². The fraction of sp³-hybridized carbons (Fsp3) is 0.367. The third kappa shape index (κ3) is 9.41. The Hall–Kier alpha value is -4.27. The van der Waals surface area contributed by atoms with E-state index in [9.17, 15) is 29.1 Å². The van der Waals surface area contributed by atoms with Crippen LogP contribution in [0.15, 0.2) is 47.3 Å². The number of nitrogens with one attached hydrogen (secondary N) is 2. The number of rotatable bonds is 14. The summed E-state index contributed by atoms with van der Waals surface area (Å²) in [6.45, 7) is 6.02. The monoisotopic (exact) mass is 576 g/mol. The number of Topliss-reactive ketones (excluding diaryl/α,β-unsaturated/α-hetero) is 1. The van der Waals surface area contributed by atoms with Crippen molar-refractivity contribution in [2.75, 3.05) is 11.4 Å². The van der Waals surface area contributed by atoms with E-state index in [1.165, 1.54) is 0 Å². The number of amides is 1. The van der Waals surface area contributed by atoms with Crippen molar-refractivity contribution in [2.24, 2.45) is 0 Å². The number of hydrogen-bond donors (Lipinski definition) is 4. The summed E-state index contributed by atoms with van der Waals surface area (Å²) in [4.78, 5) is 67.9. The minimum absolute atomic E-state index is 0.0163. The molecule has 10 nitrogen and oxygen atoms in total. The van der Waals surface area contributed by atoms with Crippen molar-refractivity contribution >= 4 is 42.6 Å². The van der Waals surface area contributed by atoms with E-state index in [0.29, 0.717) is 35.7 Å². The van der Waals surface area contributed by atoms with Crippen LogP contribution in [0, 0.1) is 19.3 Å². The highest BCUT2D eigenvalue weighted by Crippen LogP contribution is 2.20. The Balaban J connectivity index is 1.64. The van der Waals surface area contributed by atoms with Crippen molar-refractivity contribution in [3.63, 3.8) is 0 Å². The number of benzene rings is 2. The number of hydrogen-bond acceptors (Lipinski definition) is 7. The molecule has 0 saturated heterocycles. The van der Waals surface area contributed by atoms with E-state index in [1.54, 1.807) is 56.4 Å². The van der Waals surface area contributed by atoms with Gasteiger partial charge in [-0.1, -0.05) is 12.0 Å². The molecule has 216 valence electrons. The molecule has 0 aliphatic carbocycles. The molecule has 0 unspecified atom stereocenters. The molecule has 1 heterocycles. The van der Waals surface area contributed by atoms with E-state index in [2.05, 4.69) is 21.2 Å². The summed E-state index contributed by atoms with van der Waals surface area (Å²) in [5, 5.41) is 12.6. The molecule has 0 bridgehead atoms. The van der Waals surface area contributed by atoms with Gasteiger partial charge >= 0.3 is 5.97 Å². The SMILES string of the molecule is C#CCN(Cc1ccc2nc(C)[nH]c(=O)c2c1)c1ccc(C(=O)N[C@@H](CCC(=O)CCC[Si](C)(C)O)C(=O)O)cc1. The highest BCUT2D eigenvalue weighted by Gasteiger charge is 2.23. The zero-order chi connectivity index (χ0) is 30.2. The first-order valence-corrected chi connectivity index (χ1v) is 16.6. The van der Waals surface area contributed by atoms with Gasteiger partial charge < -0.3 is 25.1 Å². The van der Waals surface area contributed by atoms with Crippen molar-refractivity contribution in [1.29, 1.82) is 0 Å². The van der Waals surface area contributed by atoms with Crippen LogP contribution in [0.3, 0.4) is 0 Å². The van der Waals surface area contributed by atoms with Gasteiger partial charge in [0.25, 0.3) is 11.5 Å². The number of aryl methyl sites for hydroxylation is 1. The van der Waals surface area contributed by atoms with Crippen molar-refractivity contribution in [3.05, 3.63) is 69.8 Å². The highest BCUT2D eigenvalue weighted by molar-refractivity contribution is 6.69. The standard InChI is InChI=1S/C30H36N4O6Si/c1-5-16-34(19-21-8-14-26-25(18-21)29(37)32-20(2)31-26)23-11-9-22(10-12-23)28(36)33-27(30(38)39)15-13-24(35)7-6-17-41(3,4)40/h1,8-12,14,18,27,40H,6-7,13,15-17,19H2,2-4H3,(H,33,36)(H,38,39)(H,31,32,37)/t27-/m0/s1. The summed E-state index contributed by atoms with van der Waals surface area (Å²) in [6.07, 6.45) is 6.46. The molecular weight excluding hydrogens is 540 g/mol. The Morgan fingerprint density at radius 2 is 1.85 bits per heavy atom. The number of carboxylic acid groups (broad SMARTS) is 1. The molecule has 0 aliphatic rings. The Bertz CT molecular complexity index is 1500. The number of aromatic nitrogens is 2. The number of carboxylic acids is 1. The molecule has 0 fully saturated rings. The van der Waals surface area contributed by atoms with Crippen LogP contribution < -0.4 is 15.8 Å². The van der Waals surface area contributed by atoms with Crippen molar-refractivity contribution in [1.82, 2.24) is 15.3 Å². The zero-order valence-corrected chi connectivity index (χ0v) is 24.6. The van der Waals surface area contributed by atoms with Crippen LogP contribution in [0.25, 0.3) is 10.9 Å². The summed E-state index contributed by atoms with van der Waals surface area (Å²) in [5.74, 6) is 1.29. The topological polar surface area (TPSA) is 153 Å². The van der Waals surface area contributed by atoms with Crippen LogP contribution in [-0.4, -0.2) is 58.4 Å². The molecule has 0 saturated carbocycles. The van der Waals surface area contributed by atoms with E-state index >= 15 is 0 Å². The molecule has 0 spiro atoms. The molecule has 4 N–H and O–H groups in total. The number of aliphatic carboxylic acids is 1. The first kappa shape index (κ1) is 31.3. The number of H-pyrrole nitrogens is 1. The summed E-state index contributed by atoms with van der Waals surface area (Å²) in [5.41, 5.74) is 2.24. The summed E-state index contributed by atoms with van der Waals surface area (Å²) >= 11 is 0. The average Bonchev–Trinajstić information content (AvgIpc) is 2.90. The number of carbonyl (C=O) groups excluding carboxylic acids is 2. The lowest BCUT2D eigenvalue weighted by Gasteiger charge is -2.23. The van der Waals surface area contributed by atoms with Crippen molar-refractivity contribution in [2.45, 2.75) is 64.3 Å². The minimum Gasteiger partial charge on any atom is -0.480 e. The maximum absolute atomic E-state index is 12.8. The van der Waals surface area contributed by atoms with Crippen molar-refractivity contribution < 1.29 is 24.3 Å². The fourth-order valence-corrected chi connectivity index (χ4v) is 5.48. The van der Waals surface area contributed by atoms with Crippen LogP contribution in [0.5, 0.6) is 0 Å². The molecule has 2 aromatic carbocycles. The Labute approximate surface area is 239 Å². The van der Waals surface area contributed by atoms with Gasteiger partial charge in [0.1, 0.15) is 17.6 Å². The van der Waals surface area contributed by atoms with Crippen LogP contribution in [0.1, 0.15) is 47.4 Å². The average molecular weight is 577 g/mol. The summed E-state index contributed by atoms with van der Waals surface area (Å²) in [7, 11) is -2.23. The predicted octanol–water partition coefficient (Wildman–Crippen LogP) is 3.38. The second-order valence-electron chi connectivity index (χ2n) is 10.7. The van der Waals surface area contributed by atoms with E-state index in [-0.39, 0.29) is 42.7 Å². The van der Waals surface area contributed by atoms with Gasteiger partial charge in [-0.05, 0) is 80.9 Å². The van der Waals surface area contributed by atoms with Gasteiger partial charge in [0.05, 0.1) is 17.4 Å². The number of aromatic amines is 1. The van der Waals surface area contributed by atoms with Crippen LogP contribution >= 0.6 is 0 Å². The Morgan fingerprint density at radius 3 is 2.49 bits per heavy atom. The van der Waals surface area contributed by atoms with E-state index < -0.39 is 26.2 Å². The summed E-state index contributed by atoms with van der Waals surface area (Å²) < 4.78 is 0. The molecular formula is C30H36N4O6Si. The highest BCUT2D eigenvalue weighted by atomic mass is 28.4. The quantitative estimate of drug-likeness (QED) is 0.168. The number of nitrogens with zero attached hydrogens (tertiary/aromatic N) is 2. The van der Waals surface area contributed by atoms with Gasteiger partial charge in [0, 0.05) is 30.6 Å². The molecule has 11 heteroatoms. The smallest absolute Gasteiger partial charge is 0.326 e. The fourth-order valence-electron chi connectivity index (χ4n) is 4.44. The largest absolute Gasteiger partial charge is 0.480 e. The molecule has 3 rings (SSSR count). The lowest BCUT2D eigenvalue weighted by Crippen LogP contribution is -2.41. The Morgan fingerprint density at radius 1 is 1.15 bits per heavy atom. The lowest BCUT2D eigenvalue weighted by molar-refractivity contribution is -0.139. The van der Waals surface area contributed by atoms with Crippen LogP contribution in [0.4, 0.5) is 5.69 Å². The molecule has 3 aromatic rings. The molecule has 0 radical (unpaired) electrons. The van der Waals surface area contributed by atoms with Gasteiger partial charge in [-0.25, -0.2) is 9.78 Å². The summed E-state index contributed by atoms with van der Waals surface area (Å²) in [6, 6.07) is 11.4. The minimum atomic E-state index is -2.23. The van der Waals surface area contributed by atoms with Crippen molar-refractivity contribution in [3.8, 4) is 12.3 Å². The molecule has 41 heavy (non-hydrogen) atoms. The molecule has 0 aliphatic heterocycles. The molecule has 1 atom stereocenters. The third-order valence-corrected chi connectivity index (χ3v) is 8.18. The maximum atomic E-state index is 12.8. The van der Waals surface area contributed by atoms with Gasteiger partial charge in [0.2, 0.25) is 0 Å². The molecule has 1 aromatic heterocycles. The lowest BCUT2D eigenvalue weighted by atomic mass is 10.1. The second kappa shape index (κ2) is 13.9. The Kier molecular flexibility index (Phi) is 10.6. The molecule has 1 amide bonds. The zero-order valence-electron chi connectivity index (χ0n) is 23.6. The number of anilines is 1. The van der Waals surface area contributed by atoms with Crippen LogP contribution in [0.2, 0.25) is 19.1 Å². The van der Waals surface area contributed by atoms with Gasteiger partial charge in [-0.2, -0.15) is 0 Å². The second-order valence-corrected chi connectivity index (χ2v) is 14.8. The van der Waals surface area contributed by atoms with E-state index in [1.807, 2.05) is 11.0 Å². The normalized spacial score (nSPS) is 12.0. The number of terminal acetylenes is 1. The van der Waals surface area contributed by atoms with Gasteiger partial charge in [0.15, 0.2) is 8.32 Å². The van der Waals surface area contributed by atoms with E-state index in [0.717, 1.165) is 11.3 Å². The third-order valence-electron chi connectivity index (χ3n) is 6.60. The first-order chi connectivity index (χ1) is 19.4. The van der Waals surface area contributed by atoms with Crippen LogP contribution in [-0.2, 0) is 16.1 Å². The number of fused-ring (bicyclic) bond motifs is 1. The first-order valence-electron chi connectivity index (χ1n) is 13.4. The number of ketones is 1. The van der Waals surface area contributed by atoms with E-state index in [4.69, 9.17) is 6.42 Å². The van der Waals surface area contributed by atoms with Gasteiger partial charge in [-0.3, -0.25) is 14.4 Å². The maximum Gasteiger partial charge on any atom is 0.326 e. The predicted molar refractivity (Wildman–Crippen MR) is 160 cm³/mol. The number of carbonyl (C=O) groups is 3.